The summed E-state index contributed by atoms with van der Waals surface area (Å²) in [7, 11) is 0. The summed E-state index contributed by atoms with van der Waals surface area (Å²) < 4.78 is 41.8. The van der Waals surface area contributed by atoms with Crippen molar-refractivity contribution in [2.75, 3.05) is 5.32 Å². The van der Waals surface area contributed by atoms with Gasteiger partial charge in [-0.2, -0.15) is 18.2 Å². The van der Waals surface area contributed by atoms with Crippen molar-refractivity contribution >= 4 is 33.7 Å². The first-order chi connectivity index (χ1) is 15.7. The molecule has 1 N–H and O–H groups in total. The van der Waals surface area contributed by atoms with Gasteiger partial charge in [-0.05, 0) is 26.0 Å². The lowest BCUT2D eigenvalue weighted by molar-refractivity contribution is -0.144. The van der Waals surface area contributed by atoms with Crippen LogP contribution in [-0.2, 0) is 17.4 Å². The number of rotatable bonds is 4. The third-order valence-corrected chi connectivity index (χ3v) is 5.97. The number of thiazole rings is 1. The van der Waals surface area contributed by atoms with Gasteiger partial charge in [0.25, 0.3) is 11.6 Å². The molecule has 0 radical (unpaired) electrons. The molecule has 0 fully saturated rings. The van der Waals surface area contributed by atoms with Gasteiger partial charge < -0.3 is 5.32 Å². The summed E-state index contributed by atoms with van der Waals surface area (Å²) in [6, 6.07) is 7.27. The first-order valence-corrected chi connectivity index (χ1v) is 10.7. The Kier molecular flexibility index (Phi) is 4.89. The SMILES string of the molecule is Cc1nc2nc(C(F)(F)F)nn2c(C)c1CC(=O)Nc1ccc(-c2cn3ccsc3n2)cc1. The van der Waals surface area contributed by atoms with E-state index in [2.05, 4.69) is 25.4 Å². The number of hydrogen-bond acceptors (Lipinski definition) is 6. The van der Waals surface area contributed by atoms with Gasteiger partial charge >= 0.3 is 6.18 Å². The number of carbonyl (C=O) groups excluding carboxylic acids is 1. The van der Waals surface area contributed by atoms with E-state index in [1.807, 2.05) is 34.3 Å². The quantitative estimate of drug-likeness (QED) is 0.422. The van der Waals surface area contributed by atoms with Gasteiger partial charge in [-0.1, -0.05) is 12.1 Å². The van der Waals surface area contributed by atoms with Crippen molar-refractivity contribution < 1.29 is 18.0 Å². The van der Waals surface area contributed by atoms with E-state index in [1.165, 1.54) is 0 Å². The van der Waals surface area contributed by atoms with Crippen LogP contribution in [0, 0.1) is 13.8 Å². The number of halogens is 3. The van der Waals surface area contributed by atoms with Crippen molar-refractivity contribution in [3.05, 3.63) is 64.8 Å². The second kappa shape index (κ2) is 7.66. The Morgan fingerprint density at radius 2 is 1.88 bits per heavy atom. The number of fused-ring (bicyclic) bond motifs is 2. The largest absolute Gasteiger partial charge is 0.453 e. The highest BCUT2D eigenvalue weighted by Gasteiger charge is 2.37. The van der Waals surface area contributed by atoms with Crippen LogP contribution in [0.25, 0.3) is 22.0 Å². The van der Waals surface area contributed by atoms with Gasteiger partial charge in [0.15, 0.2) is 4.96 Å². The molecule has 0 unspecified atom stereocenters. The van der Waals surface area contributed by atoms with E-state index in [0.29, 0.717) is 22.6 Å². The molecule has 0 saturated carbocycles. The summed E-state index contributed by atoms with van der Waals surface area (Å²) in [6.07, 6.45) is -0.877. The Morgan fingerprint density at radius 3 is 2.58 bits per heavy atom. The monoisotopic (exact) mass is 471 g/mol. The Balaban J connectivity index is 1.33. The van der Waals surface area contributed by atoms with Crippen molar-refractivity contribution in [3.8, 4) is 11.3 Å². The normalized spacial score (nSPS) is 12.0. The second-order valence-electron chi connectivity index (χ2n) is 7.43. The van der Waals surface area contributed by atoms with Crippen LogP contribution in [0.2, 0.25) is 0 Å². The van der Waals surface area contributed by atoms with Crippen LogP contribution >= 0.6 is 11.3 Å². The van der Waals surface area contributed by atoms with E-state index < -0.39 is 12.0 Å². The zero-order chi connectivity index (χ0) is 23.3. The van der Waals surface area contributed by atoms with Gasteiger partial charge in [-0.15, -0.1) is 16.4 Å². The molecule has 0 saturated heterocycles. The summed E-state index contributed by atoms with van der Waals surface area (Å²) in [5.41, 5.74) is 3.63. The van der Waals surface area contributed by atoms with E-state index in [1.54, 1.807) is 37.3 Å². The smallest absolute Gasteiger partial charge is 0.326 e. The van der Waals surface area contributed by atoms with Crippen LogP contribution in [0.5, 0.6) is 0 Å². The molecule has 1 aromatic carbocycles. The summed E-state index contributed by atoms with van der Waals surface area (Å²) in [6.45, 7) is 3.21. The fourth-order valence-corrected chi connectivity index (χ4v) is 4.24. The maximum absolute atomic E-state index is 13.0. The molecule has 168 valence electrons. The maximum atomic E-state index is 13.0. The minimum atomic E-state index is -4.68. The zero-order valence-corrected chi connectivity index (χ0v) is 18.2. The fourth-order valence-electron chi connectivity index (χ4n) is 3.54. The number of anilines is 1. The Labute approximate surface area is 188 Å². The van der Waals surface area contributed by atoms with Gasteiger partial charge in [0.2, 0.25) is 5.91 Å². The fraction of sp³-hybridized carbons (Fsp3) is 0.190. The number of carbonyl (C=O) groups is 1. The lowest BCUT2D eigenvalue weighted by Gasteiger charge is -2.11. The highest BCUT2D eigenvalue weighted by molar-refractivity contribution is 7.15. The molecular formula is C21H16F3N7OS. The van der Waals surface area contributed by atoms with E-state index in [-0.39, 0.29) is 18.1 Å². The molecule has 0 bridgehead atoms. The summed E-state index contributed by atoms with van der Waals surface area (Å²) in [4.78, 5) is 25.6. The molecule has 4 aromatic heterocycles. The number of benzene rings is 1. The van der Waals surface area contributed by atoms with Gasteiger partial charge in [-0.3, -0.25) is 9.20 Å². The van der Waals surface area contributed by atoms with E-state index >= 15 is 0 Å². The van der Waals surface area contributed by atoms with Crippen molar-refractivity contribution in [3.63, 3.8) is 0 Å². The average Bonchev–Trinajstić information content (AvgIpc) is 3.46. The molecule has 0 aliphatic heterocycles. The molecule has 0 spiro atoms. The minimum Gasteiger partial charge on any atom is -0.326 e. The number of aryl methyl sites for hydroxylation is 2. The third kappa shape index (κ3) is 3.93. The summed E-state index contributed by atoms with van der Waals surface area (Å²) in [5.74, 6) is -1.75. The highest BCUT2D eigenvalue weighted by Crippen LogP contribution is 2.27. The van der Waals surface area contributed by atoms with Crippen LogP contribution in [0.3, 0.4) is 0 Å². The Hall–Kier alpha value is -3.80. The molecule has 12 heteroatoms. The third-order valence-electron chi connectivity index (χ3n) is 5.20. The lowest BCUT2D eigenvalue weighted by Crippen LogP contribution is -2.17. The van der Waals surface area contributed by atoms with E-state index in [4.69, 9.17) is 0 Å². The second-order valence-corrected chi connectivity index (χ2v) is 8.30. The molecule has 33 heavy (non-hydrogen) atoms. The molecule has 0 atom stereocenters. The Morgan fingerprint density at radius 1 is 1.12 bits per heavy atom. The van der Waals surface area contributed by atoms with Crippen molar-refractivity contribution in [2.45, 2.75) is 26.4 Å². The topological polar surface area (TPSA) is 89.5 Å². The van der Waals surface area contributed by atoms with Crippen LogP contribution in [-0.4, -0.2) is 34.9 Å². The molecule has 0 aliphatic rings. The predicted octanol–water partition coefficient (Wildman–Crippen LogP) is 4.32. The van der Waals surface area contributed by atoms with Crippen LogP contribution < -0.4 is 5.32 Å². The minimum absolute atomic E-state index is 0.0686. The molecular weight excluding hydrogens is 455 g/mol. The number of nitrogens with zero attached hydrogens (tertiary/aromatic N) is 6. The molecule has 0 aliphatic carbocycles. The first kappa shape index (κ1) is 21.1. The number of alkyl halides is 3. The van der Waals surface area contributed by atoms with E-state index in [0.717, 1.165) is 20.7 Å². The molecule has 5 aromatic rings. The van der Waals surface area contributed by atoms with Crippen LogP contribution in [0.4, 0.5) is 18.9 Å². The van der Waals surface area contributed by atoms with Crippen molar-refractivity contribution in [1.82, 2.24) is 29.0 Å². The molecule has 4 heterocycles. The van der Waals surface area contributed by atoms with Crippen molar-refractivity contribution in [2.24, 2.45) is 0 Å². The standard InChI is InChI=1S/C21H16F3N7OS/c1-11-15(12(2)31-19(25-11)28-18(29-31)21(22,23)24)9-17(32)26-14-5-3-13(4-6-14)16-10-30-7-8-33-20(30)27-16/h3-8,10H,9H2,1-2H3,(H,26,32). The van der Waals surface area contributed by atoms with Gasteiger partial charge in [0.05, 0.1) is 12.1 Å². The maximum Gasteiger partial charge on any atom is 0.453 e. The van der Waals surface area contributed by atoms with Crippen molar-refractivity contribution in [1.29, 1.82) is 0 Å². The molecule has 5 rings (SSSR count). The number of amides is 1. The summed E-state index contributed by atoms with van der Waals surface area (Å²) in [5, 5.41) is 8.27. The number of imidazole rings is 1. The highest BCUT2D eigenvalue weighted by atomic mass is 32.1. The van der Waals surface area contributed by atoms with Crippen LogP contribution in [0.15, 0.2) is 42.0 Å². The number of aromatic nitrogens is 6. The number of nitrogens with one attached hydrogen (secondary N) is 1. The summed E-state index contributed by atoms with van der Waals surface area (Å²) >= 11 is 1.54. The van der Waals surface area contributed by atoms with Crippen LogP contribution in [0.1, 0.15) is 22.8 Å². The first-order valence-electron chi connectivity index (χ1n) is 9.81. The average molecular weight is 471 g/mol. The molecule has 8 nitrogen and oxygen atoms in total. The van der Waals surface area contributed by atoms with Gasteiger partial charge in [0, 0.05) is 46.0 Å². The van der Waals surface area contributed by atoms with Gasteiger partial charge in [-0.25, -0.2) is 14.5 Å². The Bertz CT molecular complexity index is 1470. The number of hydrogen-bond donors (Lipinski definition) is 1. The lowest BCUT2D eigenvalue weighted by atomic mass is 10.1. The molecule has 1 amide bonds. The van der Waals surface area contributed by atoms with E-state index in [9.17, 15) is 18.0 Å². The zero-order valence-electron chi connectivity index (χ0n) is 17.4. The predicted molar refractivity (Wildman–Crippen MR) is 116 cm³/mol. The van der Waals surface area contributed by atoms with Gasteiger partial charge in [0.1, 0.15) is 0 Å².